The van der Waals surface area contributed by atoms with Gasteiger partial charge in [0.2, 0.25) is 0 Å². The Balaban J connectivity index is 0.000000861. The van der Waals surface area contributed by atoms with Crippen LogP contribution < -0.4 is 4.74 Å². The highest BCUT2D eigenvalue weighted by molar-refractivity contribution is 7.07. The van der Waals surface area contributed by atoms with Gasteiger partial charge in [-0.25, -0.2) is 0 Å². The number of rotatable bonds is 4. The molecule has 0 N–H and O–H groups in total. The summed E-state index contributed by atoms with van der Waals surface area (Å²) in [6.45, 7) is 8.44. The van der Waals surface area contributed by atoms with Crippen LogP contribution in [0.2, 0.25) is 0 Å². The predicted octanol–water partition coefficient (Wildman–Crippen LogP) is 4.78. The summed E-state index contributed by atoms with van der Waals surface area (Å²) in [5, 5.41) is 4.11. The van der Waals surface area contributed by atoms with Crippen LogP contribution in [0, 0.1) is 13.8 Å². The van der Waals surface area contributed by atoms with Gasteiger partial charge in [-0.1, -0.05) is 13.8 Å². The third-order valence-corrected chi connectivity index (χ3v) is 3.40. The average molecular weight is 276 g/mol. The fraction of sp³-hybridized carbons (Fsp3) is 0.312. The molecule has 0 aliphatic heterocycles. The molecule has 0 unspecified atom stereocenters. The van der Waals surface area contributed by atoms with Gasteiger partial charge in [0, 0.05) is 5.56 Å². The number of thiophene rings is 1. The van der Waals surface area contributed by atoms with Gasteiger partial charge in [0.15, 0.2) is 0 Å². The van der Waals surface area contributed by atoms with E-state index < -0.39 is 0 Å². The van der Waals surface area contributed by atoms with Gasteiger partial charge >= 0.3 is 0 Å². The standard InChI is InChI=1S/C14H14O2S.C2H6/c1-10-6-14(11(2)5-13(10)7-15)16-8-12-3-4-17-9-12;1-2/h3-7,9H,8H2,1-2H3;1-2H3. The van der Waals surface area contributed by atoms with Crippen LogP contribution in [0.1, 0.15) is 40.9 Å². The highest BCUT2D eigenvalue weighted by atomic mass is 32.1. The Morgan fingerprint density at radius 2 is 1.95 bits per heavy atom. The molecule has 19 heavy (non-hydrogen) atoms. The van der Waals surface area contributed by atoms with E-state index in [0.29, 0.717) is 6.61 Å². The van der Waals surface area contributed by atoms with Gasteiger partial charge in [0.25, 0.3) is 0 Å². The van der Waals surface area contributed by atoms with Gasteiger partial charge in [-0.2, -0.15) is 11.3 Å². The van der Waals surface area contributed by atoms with Gasteiger partial charge < -0.3 is 4.74 Å². The molecule has 3 heteroatoms. The quantitative estimate of drug-likeness (QED) is 0.751. The number of aldehydes is 1. The van der Waals surface area contributed by atoms with Crippen LogP contribution in [-0.2, 0) is 6.61 Å². The molecule has 1 aromatic carbocycles. The van der Waals surface area contributed by atoms with Crippen molar-refractivity contribution in [3.63, 3.8) is 0 Å². The van der Waals surface area contributed by atoms with E-state index in [0.717, 1.165) is 28.7 Å². The van der Waals surface area contributed by atoms with E-state index in [9.17, 15) is 4.79 Å². The molecule has 0 saturated carbocycles. The molecule has 0 fully saturated rings. The second-order valence-corrected chi connectivity index (χ2v) is 4.79. The molecule has 102 valence electrons. The van der Waals surface area contributed by atoms with Crippen molar-refractivity contribution < 1.29 is 9.53 Å². The van der Waals surface area contributed by atoms with E-state index in [1.165, 1.54) is 5.56 Å². The lowest BCUT2D eigenvalue weighted by molar-refractivity contribution is 0.112. The molecule has 2 rings (SSSR count). The van der Waals surface area contributed by atoms with Crippen molar-refractivity contribution in [2.75, 3.05) is 0 Å². The number of aryl methyl sites for hydroxylation is 2. The molecule has 1 aromatic heterocycles. The molecular weight excluding hydrogens is 256 g/mol. The molecule has 0 saturated heterocycles. The molecule has 0 atom stereocenters. The van der Waals surface area contributed by atoms with Gasteiger partial charge in [0.1, 0.15) is 18.6 Å². The summed E-state index contributed by atoms with van der Waals surface area (Å²) >= 11 is 1.66. The molecule has 0 radical (unpaired) electrons. The SMILES string of the molecule is CC.Cc1cc(OCc2ccsc2)c(C)cc1C=O. The normalized spacial score (nSPS) is 9.47. The highest BCUT2D eigenvalue weighted by Gasteiger charge is 2.05. The number of hydrogen-bond acceptors (Lipinski definition) is 3. The van der Waals surface area contributed by atoms with Crippen molar-refractivity contribution >= 4 is 17.6 Å². The van der Waals surface area contributed by atoms with Crippen LogP contribution in [0.25, 0.3) is 0 Å². The van der Waals surface area contributed by atoms with E-state index >= 15 is 0 Å². The predicted molar refractivity (Wildman–Crippen MR) is 81.3 cm³/mol. The molecule has 2 nitrogen and oxygen atoms in total. The Hall–Kier alpha value is -1.61. The van der Waals surface area contributed by atoms with Crippen LogP contribution >= 0.6 is 11.3 Å². The van der Waals surface area contributed by atoms with E-state index in [-0.39, 0.29) is 0 Å². The lowest BCUT2D eigenvalue weighted by Crippen LogP contribution is -1.98. The topological polar surface area (TPSA) is 26.3 Å². The Morgan fingerprint density at radius 1 is 1.21 bits per heavy atom. The van der Waals surface area contributed by atoms with Crippen molar-refractivity contribution in [3.8, 4) is 5.75 Å². The van der Waals surface area contributed by atoms with Crippen LogP contribution in [0.5, 0.6) is 5.75 Å². The number of hydrogen-bond donors (Lipinski definition) is 0. The van der Waals surface area contributed by atoms with Crippen molar-refractivity contribution in [2.24, 2.45) is 0 Å². The Kier molecular flexibility index (Phi) is 6.30. The second-order valence-electron chi connectivity index (χ2n) is 4.01. The summed E-state index contributed by atoms with van der Waals surface area (Å²) in [5.41, 5.74) is 3.84. The summed E-state index contributed by atoms with van der Waals surface area (Å²) in [6, 6.07) is 5.84. The first kappa shape index (κ1) is 15.4. The second kappa shape index (κ2) is 7.74. The fourth-order valence-corrected chi connectivity index (χ4v) is 2.28. The van der Waals surface area contributed by atoms with Crippen molar-refractivity contribution in [1.29, 1.82) is 0 Å². The minimum Gasteiger partial charge on any atom is -0.489 e. The number of benzene rings is 1. The third kappa shape index (κ3) is 4.21. The van der Waals surface area contributed by atoms with Crippen LogP contribution in [0.15, 0.2) is 29.0 Å². The smallest absolute Gasteiger partial charge is 0.150 e. The number of carbonyl (C=O) groups excluding carboxylic acids is 1. The van der Waals surface area contributed by atoms with Gasteiger partial charge in [-0.05, 0) is 59.5 Å². The molecule has 0 bridgehead atoms. The third-order valence-electron chi connectivity index (χ3n) is 2.67. The van der Waals surface area contributed by atoms with Crippen molar-refractivity contribution in [1.82, 2.24) is 0 Å². The molecule has 1 heterocycles. The highest BCUT2D eigenvalue weighted by Crippen LogP contribution is 2.23. The van der Waals surface area contributed by atoms with Crippen molar-refractivity contribution in [2.45, 2.75) is 34.3 Å². The Morgan fingerprint density at radius 3 is 2.53 bits per heavy atom. The van der Waals surface area contributed by atoms with Crippen LogP contribution in [0.4, 0.5) is 0 Å². The van der Waals surface area contributed by atoms with E-state index in [2.05, 4.69) is 5.38 Å². The molecule has 0 amide bonds. The van der Waals surface area contributed by atoms with Crippen molar-refractivity contribution in [3.05, 3.63) is 51.2 Å². The first-order valence-corrected chi connectivity index (χ1v) is 7.35. The minimum atomic E-state index is 0.574. The molecule has 0 spiro atoms. The summed E-state index contributed by atoms with van der Waals surface area (Å²) in [7, 11) is 0. The average Bonchev–Trinajstić information content (AvgIpc) is 2.95. The lowest BCUT2D eigenvalue weighted by atomic mass is 10.1. The summed E-state index contributed by atoms with van der Waals surface area (Å²) in [6.07, 6.45) is 0.880. The summed E-state index contributed by atoms with van der Waals surface area (Å²) < 4.78 is 5.75. The first-order chi connectivity index (χ1) is 9.20. The van der Waals surface area contributed by atoms with Gasteiger partial charge in [-0.15, -0.1) is 0 Å². The maximum atomic E-state index is 10.8. The molecule has 0 aliphatic carbocycles. The monoisotopic (exact) mass is 276 g/mol. The largest absolute Gasteiger partial charge is 0.489 e. The van der Waals surface area contributed by atoms with Crippen LogP contribution in [-0.4, -0.2) is 6.29 Å². The summed E-state index contributed by atoms with van der Waals surface area (Å²) in [4.78, 5) is 10.8. The molecule has 2 aromatic rings. The maximum Gasteiger partial charge on any atom is 0.150 e. The fourth-order valence-electron chi connectivity index (χ4n) is 1.63. The summed E-state index contributed by atoms with van der Waals surface area (Å²) in [5.74, 6) is 0.847. The minimum absolute atomic E-state index is 0.574. The number of carbonyl (C=O) groups is 1. The molecule has 0 aliphatic rings. The zero-order chi connectivity index (χ0) is 14.3. The zero-order valence-electron chi connectivity index (χ0n) is 11.9. The maximum absolute atomic E-state index is 10.8. The lowest BCUT2D eigenvalue weighted by Gasteiger charge is -2.10. The van der Waals surface area contributed by atoms with E-state index in [4.69, 9.17) is 4.74 Å². The zero-order valence-corrected chi connectivity index (χ0v) is 12.7. The molecular formula is C16H20O2S. The van der Waals surface area contributed by atoms with Gasteiger partial charge in [0.05, 0.1) is 0 Å². The van der Waals surface area contributed by atoms with E-state index in [1.807, 2.05) is 51.3 Å². The van der Waals surface area contributed by atoms with E-state index in [1.54, 1.807) is 11.3 Å². The van der Waals surface area contributed by atoms with Crippen LogP contribution in [0.3, 0.4) is 0 Å². The van der Waals surface area contributed by atoms with Gasteiger partial charge in [-0.3, -0.25) is 4.79 Å². The number of ether oxygens (including phenoxy) is 1. The Labute approximate surface area is 119 Å². The first-order valence-electron chi connectivity index (χ1n) is 6.41. The Bertz CT molecular complexity index is 516.